The quantitative estimate of drug-likeness (QED) is 0.282. The summed E-state index contributed by atoms with van der Waals surface area (Å²) < 4.78 is 11.4. The van der Waals surface area contributed by atoms with Gasteiger partial charge in [-0.15, -0.1) is 0 Å². The molecule has 0 fully saturated rings. The second kappa shape index (κ2) is 11.3. The van der Waals surface area contributed by atoms with E-state index in [4.69, 9.17) is 9.47 Å². The summed E-state index contributed by atoms with van der Waals surface area (Å²) in [5, 5.41) is 2.76. The van der Waals surface area contributed by atoms with Gasteiger partial charge in [-0.2, -0.15) is 0 Å². The number of nitrogens with one attached hydrogen (secondary N) is 1. The lowest BCUT2D eigenvalue weighted by molar-refractivity contribution is -0.157. The number of fused-ring (bicyclic) bond motifs is 3. The lowest BCUT2D eigenvalue weighted by Gasteiger charge is -2.25. The smallest absolute Gasteiger partial charge is 0.407 e. The summed E-state index contributed by atoms with van der Waals surface area (Å²) in [6.45, 7) is 7.52. The van der Waals surface area contributed by atoms with Crippen LogP contribution in [0.4, 0.5) is 4.79 Å². The maximum absolute atomic E-state index is 13.3. The average Bonchev–Trinajstić information content (AvgIpc) is 3.25. The molecule has 204 valence electrons. The third-order valence-corrected chi connectivity index (χ3v) is 6.94. The van der Waals surface area contributed by atoms with Crippen molar-refractivity contribution in [1.82, 2.24) is 15.3 Å². The van der Waals surface area contributed by atoms with Gasteiger partial charge in [0.25, 0.3) is 0 Å². The maximum atomic E-state index is 13.3. The molecule has 1 amide bonds. The molecule has 1 aliphatic carbocycles. The fourth-order valence-corrected chi connectivity index (χ4v) is 5.16. The van der Waals surface area contributed by atoms with Crippen molar-refractivity contribution in [3.05, 3.63) is 108 Å². The Kier molecular flexibility index (Phi) is 7.65. The Hall–Kier alpha value is -4.52. The van der Waals surface area contributed by atoms with Crippen molar-refractivity contribution in [3.63, 3.8) is 0 Å². The molecule has 0 saturated heterocycles. The molecule has 1 N–H and O–H groups in total. The number of nitrogens with zero attached hydrogens (tertiary/aromatic N) is 2. The minimum atomic E-state index is -0.997. The molecule has 7 nitrogen and oxygen atoms in total. The van der Waals surface area contributed by atoms with E-state index < -0.39 is 23.7 Å². The van der Waals surface area contributed by atoms with E-state index >= 15 is 0 Å². The van der Waals surface area contributed by atoms with E-state index in [0.717, 1.165) is 33.4 Å². The zero-order chi connectivity index (χ0) is 28.3. The molecule has 1 aromatic heterocycles. The first-order chi connectivity index (χ1) is 19.2. The van der Waals surface area contributed by atoms with Gasteiger partial charge in [0.2, 0.25) is 0 Å². The van der Waals surface area contributed by atoms with E-state index in [2.05, 4.69) is 39.6 Å². The molecular weight excluding hydrogens is 502 g/mol. The van der Waals surface area contributed by atoms with Crippen LogP contribution in [0.2, 0.25) is 0 Å². The van der Waals surface area contributed by atoms with E-state index in [1.165, 1.54) is 6.33 Å². The number of ether oxygens (including phenoxy) is 2. The van der Waals surface area contributed by atoms with Crippen LogP contribution in [0.1, 0.15) is 48.9 Å². The van der Waals surface area contributed by atoms with Gasteiger partial charge >= 0.3 is 12.1 Å². The minimum absolute atomic E-state index is 0.0895. The Balaban J connectivity index is 1.36. The summed E-state index contributed by atoms with van der Waals surface area (Å²) in [6, 6.07) is 23.2. The number of amides is 1. The van der Waals surface area contributed by atoms with Gasteiger partial charge in [0, 0.05) is 24.1 Å². The largest absolute Gasteiger partial charge is 0.458 e. The fraction of sp³-hybridized carbons (Fsp3) is 0.273. The average molecular weight is 536 g/mol. The second-order valence-corrected chi connectivity index (χ2v) is 11.0. The number of aromatic nitrogens is 2. The molecule has 1 aliphatic rings. The van der Waals surface area contributed by atoms with Crippen molar-refractivity contribution < 1.29 is 19.1 Å². The van der Waals surface area contributed by atoms with Gasteiger partial charge in [-0.25, -0.2) is 19.6 Å². The highest BCUT2D eigenvalue weighted by molar-refractivity contribution is 5.83. The number of aryl methyl sites for hydroxylation is 1. The van der Waals surface area contributed by atoms with E-state index in [-0.39, 0.29) is 18.9 Å². The first kappa shape index (κ1) is 27.1. The third-order valence-electron chi connectivity index (χ3n) is 6.94. The number of esters is 1. The third kappa shape index (κ3) is 5.88. The molecule has 0 saturated carbocycles. The highest BCUT2D eigenvalue weighted by Crippen LogP contribution is 2.44. The molecule has 4 aromatic rings. The van der Waals surface area contributed by atoms with Crippen molar-refractivity contribution in [2.45, 2.75) is 51.7 Å². The Morgan fingerprint density at radius 1 is 0.900 bits per heavy atom. The van der Waals surface area contributed by atoms with E-state index in [0.29, 0.717) is 11.3 Å². The number of alkyl carbamates (subject to hydrolysis) is 1. The lowest BCUT2D eigenvalue weighted by atomic mass is 9.98. The van der Waals surface area contributed by atoms with Gasteiger partial charge in [0.05, 0.1) is 5.69 Å². The maximum Gasteiger partial charge on any atom is 0.407 e. The van der Waals surface area contributed by atoms with Crippen LogP contribution >= 0.6 is 0 Å². The molecule has 0 bridgehead atoms. The SMILES string of the molecule is Cc1ccccc1-c1ncncc1C[C@@H](NC(=O)OCC1c2ccccc2-c2ccccc21)C(=O)OC(C)(C)C. The van der Waals surface area contributed by atoms with Crippen LogP contribution in [0.5, 0.6) is 0 Å². The van der Waals surface area contributed by atoms with Gasteiger partial charge in [-0.3, -0.25) is 0 Å². The first-order valence-corrected chi connectivity index (χ1v) is 13.4. The number of benzene rings is 3. The van der Waals surface area contributed by atoms with Gasteiger partial charge in [0.1, 0.15) is 24.6 Å². The van der Waals surface area contributed by atoms with E-state index in [1.54, 1.807) is 27.0 Å². The molecule has 0 unspecified atom stereocenters. The minimum Gasteiger partial charge on any atom is -0.458 e. The summed E-state index contributed by atoms with van der Waals surface area (Å²) in [7, 11) is 0. The van der Waals surface area contributed by atoms with Gasteiger partial charge < -0.3 is 14.8 Å². The standard InChI is InChI=1S/C33H33N3O4/c1-21-11-5-6-12-23(21)30-22(18-34-20-35-30)17-29(31(37)40-33(2,3)4)36-32(38)39-19-28-26-15-9-7-13-24(26)25-14-8-10-16-27(25)28/h5-16,18,20,28-29H,17,19H2,1-4H3,(H,36,38)/t29-/m1/s1. The summed E-state index contributed by atoms with van der Waals surface area (Å²) in [4.78, 5) is 35.1. The van der Waals surface area contributed by atoms with Crippen LogP contribution < -0.4 is 5.32 Å². The van der Waals surface area contributed by atoms with Crippen molar-refractivity contribution in [3.8, 4) is 22.4 Å². The predicted octanol–water partition coefficient (Wildman–Crippen LogP) is 6.24. The zero-order valence-electron chi connectivity index (χ0n) is 23.2. The van der Waals surface area contributed by atoms with Crippen molar-refractivity contribution in [2.75, 3.05) is 6.61 Å². The van der Waals surface area contributed by atoms with Crippen LogP contribution in [0, 0.1) is 6.92 Å². The molecule has 40 heavy (non-hydrogen) atoms. The topological polar surface area (TPSA) is 90.4 Å². The molecule has 1 atom stereocenters. The van der Waals surface area contributed by atoms with E-state index in [1.807, 2.05) is 55.5 Å². The number of hydrogen-bond acceptors (Lipinski definition) is 6. The van der Waals surface area contributed by atoms with Crippen LogP contribution in [-0.2, 0) is 20.7 Å². The van der Waals surface area contributed by atoms with Gasteiger partial charge in [-0.1, -0.05) is 72.8 Å². The van der Waals surface area contributed by atoms with Gasteiger partial charge in [-0.05, 0) is 61.1 Å². The Bertz CT molecular complexity index is 1500. The van der Waals surface area contributed by atoms with E-state index in [9.17, 15) is 9.59 Å². The Morgan fingerprint density at radius 2 is 1.50 bits per heavy atom. The number of rotatable bonds is 7. The highest BCUT2D eigenvalue weighted by Gasteiger charge is 2.31. The lowest BCUT2D eigenvalue weighted by Crippen LogP contribution is -2.46. The summed E-state index contributed by atoms with van der Waals surface area (Å²) >= 11 is 0. The van der Waals surface area contributed by atoms with Crippen LogP contribution in [0.25, 0.3) is 22.4 Å². The molecule has 3 aromatic carbocycles. The number of carbonyl (C=O) groups is 2. The van der Waals surface area contributed by atoms with Crippen molar-refractivity contribution >= 4 is 12.1 Å². The number of carbonyl (C=O) groups excluding carboxylic acids is 2. The zero-order valence-corrected chi connectivity index (χ0v) is 23.2. The highest BCUT2D eigenvalue weighted by atomic mass is 16.6. The molecule has 7 heteroatoms. The van der Waals surface area contributed by atoms with Crippen molar-refractivity contribution in [2.24, 2.45) is 0 Å². The second-order valence-electron chi connectivity index (χ2n) is 11.0. The molecular formula is C33H33N3O4. The first-order valence-electron chi connectivity index (χ1n) is 13.4. The predicted molar refractivity (Wildman–Crippen MR) is 154 cm³/mol. The molecule has 1 heterocycles. The van der Waals surface area contributed by atoms with Crippen LogP contribution in [0.15, 0.2) is 85.3 Å². The number of hydrogen-bond donors (Lipinski definition) is 1. The monoisotopic (exact) mass is 535 g/mol. The molecule has 0 spiro atoms. The van der Waals surface area contributed by atoms with Gasteiger partial charge in [0.15, 0.2) is 0 Å². The molecule has 0 aliphatic heterocycles. The normalized spacial score (nSPS) is 13.2. The van der Waals surface area contributed by atoms with Crippen LogP contribution in [-0.4, -0.2) is 40.3 Å². The summed E-state index contributed by atoms with van der Waals surface area (Å²) in [5.74, 6) is -0.645. The van der Waals surface area contributed by atoms with Crippen molar-refractivity contribution in [1.29, 1.82) is 0 Å². The van der Waals surface area contributed by atoms with Crippen LogP contribution in [0.3, 0.4) is 0 Å². The Labute approximate surface area is 234 Å². The molecule has 5 rings (SSSR count). The summed E-state index contributed by atoms with van der Waals surface area (Å²) in [6.07, 6.45) is 2.61. The molecule has 0 radical (unpaired) electrons. The Morgan fingerprint density at radius 3 is 2.12 bits per heavy atom. The fourth-order valence-electron chi connectivity index (χ4n) is 5.16. The summed E-state index contributed by atoms with van der Waals surface area (Å²) in [5.41, 5.74) is 7.18.